The molecule has 4 rings (SSSR count). The standard InChI is InChI=1S/C25H28F3N5O3/c1-12-10-33(11-13(2)36-12)24(35)21-7-6-20(15(4)30-21)29-14(3)17-8-18-22(9-19(17)25(26,27)28)31-16(5)32-23(18)34/h6-9,12-14,29H,10-11H2,1-5H3,(H,31,32,34)/t12-,13+,14-/m0/s1. The van der Waals surface area contributed by atoms with Gasteiger partial charge in [0.15, 0.2) is 0 Å². The highest BCUT2D eigenvalue weighted by Crippen LogP contribution is 2.37. The summed E-state index contributed by atoms with van der Waals surface area (Å²) < 4.78 is 47.4. The molecule has 1 saturated heterocycles. The third-order valence-electron chi connectivity index (χ3n) is 6.15. The number of hydrogen-bond acceptors (Lipinski definition) is 6. The number of nitrogens with zero attached hydrogens (tertiary/aromatic N) is 3. The number of hydrogen-bond donors (Lipinski definition) is 2. The topological polar surface area (TPSA) is 100 Å². The Hall–Kier alpha value is -3.47. The van der Waals surface area contributed by atoms with Crippen molar-refractivity contribution in [2.45, 2.75) is 59.0 Å². The number of rotatable bonds is 4. The Morgan fingerprint density at radius 1 is 1.17 bits per heavy atom. The zero-order valence-electron chi connectivity index (χ0n) is 20.7. The number of ether oxygens (including phenoxy) is 1. The number of aryl methyl sites for hydroxylation is 2. The number of benzene rings is 1. The Morgan fingerprint density at radius 2 is 1.83 bits per heavy atom. The molecule has 11 heteroatoms. The minimum Gasteiger partial charge on any atom is -0.377 e. The first kappa shape index (κ1) is 25.6. The molecule has 1 aliphatic rings. The molecule has 3 aromatic rings. The molecule has 0 saturated carbocycles. The lowest BCUT2D eigenvalue weighted by atomic mass is 9.98. The maximum atomic E-state index is 13.9. The molecule has 3 atom stereocenters. The molecule has 1 aromatic carbocycles. The molecule has 0 bridgehead atoms. The number of aromatic amines is 1. The second-order valence-electron chi connectivity index (χ2n) is 9.27. The van der Waals surface area contributed by atoms with Crippen LogP contribution in [-0.2, 0) is 10.9 Å². The van der Waals surface area contributed by atoms with Gasteiger partial charge < -0.3 is 19.9 Å². The number of pyridine rings is 1. The van der Waals surface area contributed by atoms with Gasteiger partial charge in [0.05, 0.1) is 40.1 Å². The molecule has 2 aromatic heterocycles. The van der Waals surface area contributed by atoms with Crippen LogP contribution in [0.1, 0.15) is 59.9 Å². The van der Waals surface area contributed by atoms with Crippen LogP contribution in [0.2, 0.25) is 0 Å². The van der Waals surface area contributed by atoms with Crippen molar-refractivity contribution < 1.29 is 22.7 Å². The van der Waals surface area contributed by atoms with Gasteiger partial charge in [-0.25, -0.2) is 9.97 Å². The van der Waals surface area contributed by atoms with Crippen LogP contribution in [-0.4, -0.2) is 51.1 Å². The highest BCUT2D eigenvalue weighted by molar-refractivity contribution is 5.92. The molecule has 8 nitrogen and oxygen atoms in total. The summed E-state index contributed by atoms with van der Waals surface area (Å²) in [7, 11) is 0. The number of morpholine rings is 1. The van der Waals surface area contributed by atoms with Crippen LogP contribution in [0.5, 0.6) is 0 Å². The van der Waals surface area contributed by atoms with Gasteiger partial charge in [-0.15, -0.1) is 0 Å². The second kappa shape index (κ2) is 9.53. The van der Waals surface area contributed by atoms with E-state index in [1.54, 1.807) is 30.9 Å². The first-order chi connectivity index (χ1) is 16.8. The highest BCUT2D eigenvalue weighted by atomic mass is 19.4. The van der Waals surface area contributed by atoms with Crippen LogP contribution in [0.4, 0.5) is 18.9 Å². The summed E-state index contributed by atoms with van der Waals surface area (Å²) in [6.45, 7) is 9.47. The lowest BCUT2D eigenvalue weighted by Gasteiger charge is -2.35. The maximum Gasteiger partial charge on any atom is 0.416 e. The second-order valence-corrected chi connectivity index (χ2v) is 9.27. The monoisotopic (exact) mass is 503 g/mol. The Morgan fingerprint density at radius 3 is 2.44 bits per heavy atom. The predicted octanol–water partition coefficient (Wildman–Crippen LogP) is 4.38. The van der Waals surface area contributed by atoms with E-state index in [1.807, 2.05) is 13.8 Å². The van der Waals surface area contributed by atoms with Gasteiger partial charge in [-0.2, -0.15) is 13.2 Å². The molecule has 1 amide bonds. The molecule has 0 unspecified atom stereocenters. The number of halogens is 3. The van der Waals surface area contributed by atoms with E-state index in [0.717, 1.165) is 6.07 Å². The van der Waals surface area contributed by atoms with Gasteiger partial charge in [0.2, 0.25) is 0 Å². The normalized spacial score (nSPS) is 19.4. The lowest BCUT2D eigenvalue weighted by molar-refractivity contribution is -0.138. The highest BCUT2D eigenvalue weighted by Gasteiger charge is 2.35. The number of fused-ring (bicyclic) bond motifs is 1. The largest absolute Gasteiger partial charge is 0.416 e. The average Bonchev–Trinajstić information content (AvgIpc) is 2.77. The van der Waals surface area contributed by atoms with Crippen LogP contribution < -0.4 is 10.9 Å². The molecular formula is C25H28F3N5O3. The van der Waals surface area contributed by atoms with Gasteiger partial charge in [-0.1, -0.05) is 0 Å². The minimum atomic E-state index is -4.65. The summed E-state index contributed by atoms with van der Waals surface area (Å²) >= 11 is 0. The van der Waals surface area contributed by atoms with Crippen LogP contribution in [0.25, 0.3) is 10.9 Å². The zero-order valence-corrected chi connectivity index (χ0v) is 20.7. The average molecular weight is 504 g/mol. The van der Waals surface area contributed by atoms with Crippen LogP contribution >= 0.6 is 0 Å². The molecule has 0 spiro atoms. The Bertz CT molecular complexity index is 1360. The summed E-state index contributed by atoms with van der Waals surface area (Å²) in [6.07, 6.45) is -4.82. The van der Waals surface area contributed by atoms with Crippen LogP contribution in [0.3, 0.4) is 0 Å². The van der Waals surface area contributed by atoms with E-state index >= 15 is 0 Å². The van der Waals surface area contributed by atoms with Gasteiger partial charge in [-0.3, -0.25) is 9.59 Å². The first-order valence-corrected chi connectivity index (χ1v) is 11.6. The number of aromatic nitrogens is 3. The number of nitrogens with one attached hydrogen (secondary N) is 2. The maximum absolute atomic E-state index is 13.9. The summed E-state index contributed by atoms with van der Waals surface area (Å²) in [5.41, 5.74) is -0.304. The quantitative estimate of drug-likeness (QED) is 0.548. The number of anilines is 1. The van der Waals surface area contributed by atoms with Crippen molar-refractivity contribution in [3.8, 4) is 0 Å². The van der Waals surface area contributed by atoms with E-state index in [0.29, 0.717) is 24.5 Å². The third-order valence-corrected chi connectivity index (χ3v) is 6.15. The number of alkyl halides is 3. The van der Waals surface area contributed by atoms with Crippen molar-refractivity contribution in [1.82, 2.24) is 19.9 Å². The van der Waals surface area contributed by atoms with E-state index in [9.17, 15) is 22.8 Å². The molecule has 1 aliphatic heterocycles. The number of carbonyl (C=O) groups excluding carboxylic acids is 1. The predicted molar refractivity (Wildman–Crippen MR) is 129 cm³/mol. The number of carbonyl (C=O) groups is 1. The fourth-order valence-corrected chi connectivity index (χ4v) is 4.57. The van der Waals surface area contributed by atoms with E-state index in [1.165, 1.54) is 13.0 Å². The van der Waals surface area contributed by atoms with Gasteiger partial charge in [-0.05, 0) is 64.4 Å². The molecule has 2 N–H and O–H groups in total. The van der Waals surface area contributed by atoms with Crippen LogP contribution in [0, 0.1) is 13.8 Å². The molecule has 36 heavy (non-hydrogen) atoms. The first-order valence-electron chi connectivity index (χ1n) is 11.6. The molecule has 0 radical (unpaired) electrons. The van der Waals surface area contributed by atoms with Crippen molar-refractivity contribution in [1.29, 1.82) is 0 Å². The zero-order chi connectivity index (χ0) is 26.4. The van der Waals surface area contributed by atoms with Gasteiger partial charge in [0.1, 0.15) is 11.5 Å². The van der Waals surface area contributed by atoms with Crippen LogP contribution in [0.15, 0.2) is 29.1 Å². The van der Waals surface area contributed by atoms with Crippen molar-refractivity contribution in [2.24, 2.45) is 0 Å². The van der Waals surface area contributed by atoms with E-state index < -0.39 is 23.3 Å². The molecule has 192 valence electrons. The Kier molecular flexibility index (Phi) is 6.78. The Balaban J connectivity index is 1.63. The Labute approximate surface area is 205 Å². The van der Waals surface area contributed by atoms with Crippen molar-refractivity contribution in [2.75, 3.05) is 18.4 Å². The van der Waals surface area contributed by atoms with E-state index in [2.05, 4.69) is 20.3 Å². The van der Waals surface area contributed by atoms with Crippen molar-refractivity contribution >= 4 is 22.5 Å². The third kappa shape index (κ3) is 5.20. The summed E-state index contributed by atoms with van der Waals surface area (Å²) in [6, 6.07) is 4.49. The minimum absolute atomic E-state index is 0.0213. The van der Waals surface area contributed by atoms with Gasteiger partial charge in [0, 0.05) is 19.1 Å². The van der Waals surface area contributed by atoms with Gasteiger partial charge in [0.25, 0.3) is 11.5 Å². The van der Waals surface area contributed by atoms with Gasteiger partial charge >= 0.3 is 6.18 Å². The molecule has 1 fully saturated rings. The molecule has 0 aliphatic carbocycles. The smallest absolute Gasteiger partial charge is 0.377 e. The SMILES string of the molecule is Cc1nc2cc(C(F)(F)F)c([C@H](C)Nc3ccc(C(=O)N4C[C@@H](C)O[C@@H](C)C4)nc3C)cc2c(=O)[nH]1. The van der Waals surface area contributed by atoms with Crippen molar-refractivity contribution in [3.63, 3.8) is 0 Å². The summed E-state index contributed by atoms with van der Waals surface area (Å²) in [4.78, 5) is 38.0. The van der Waals surface area contributed by atoms with Crippen molar-refractivity contribution in [3.05, 3.63) is 63.0 Å². The summed E-state index contributed by atoms with van der Waals surface area (Å²) in [5, 5.41) is 3.13. The summed E-state index contributed by atoms with van der Waals surface area (Å²) in [5.74, 6) is 0.00693. The number of amides is 1. The fraction of sp³-hybridized carbons (Fsp3) is 0.440. The van der Waals surface area contributed by atoms with E-state index in [-0.39, 0.29) is 46.1 Å². The lowest BCUT2D eigenvalue weighted by Crippen LogP contribution is -2.48. The fourth-order valence-electron chi connectivity index (χ4n) is 4.57. The molecule has 3 heterocycles. The molecular weight excluding hydrogens is 475 g/mol. The van der Waals surface area contributed by atoms with E-state index in [4.69, 9.17) is 4.74 Å². The number of H-pyrrole nitrogens is 1.